The van der Waals surface area contributed by atoms with E-state index in [9.17, 15) is 30.6 Å². The number of ether oxygens (including phenoxy) is 2. The Hall–Kier alpha value is -3.36. The zero-order chi connectivity index (χ0) is 20.3. The SMILES string of the molecule is CCOC(=O)C1(C(=O)OCC)CC2=CCC(C#N)(C#N)C(C#N)(C#N)C2C1. The highest BCUT2D eigenvalue weighted by atomic mass is 16.6. The van der Waals surface area contributed by atoms with Gasteiger partial charge in [0.05, 0.1) is 37.5 Å². The molecule has 0 spiro atoms. The minimum Gasteiger partial charge on any atom is -0.465 e. The minimum atomic E-state index is -2.00. The van der Waals surface area contributed by atoms with Crippen LogP contribution in [0.15, 0.2) is 11.6 Å². The Labute approximate surface area is 157 Å². The molecule has 0 aliphatic heterocycles. The predicted molar refractivity (Wildman–Crippen MR) is 88.4 cm³/mol. The Morgan fingerprint density at radius 1 is 1.04 bits per heavy atom. The lowest BCUT2D eigenvalue weighted by molar-refractivity contribution is -0.172. The second-order valence-electron chi connectivity index (χ2n) is 6.60. The van der Waals surface area contributed by atoms with Gasteiger partial charge in [-0.3, -0.25) is 9.59 Å². The van der Waals surface area contributed by atoms with Gasteiger partial charge in [-0.25, -0.2) is 0 Å². The molecular formula is C19H18N4O4. The first-order valence-electron chi connectivity index (χ1n) is 8.55. The Balaban J connectivity index is 2.64. The summed E-state index contributed by atoms with van der Waals surface area (Å²) in [7, 11) is 0. The van der Waals surface area contributed by atoms with E-state index >= 15 is 0 Å². The first-order chi connectivity index (χ1) is 12.9. The van der Waals surface area contributed by atoms with E-state index in [4.69, 9.17) is 9.47 Å². The molecule has 8 heteroatoms. The Bertz CT molecular complexity index is 816. The van der Waals surface area contributed by atoms with Crippen LogP contribution < -0.4 is 0 Å². The number of allylic oxidation sites excluding steroid dienone is 2. The van der Waals surface area contributed by atoms with Crippen molar-refractivity contribution >= 4 is 11.9 Å². The third kappa shape index (κ3) is 2.54. The molecule has 1 atom stereocenters. The molecule has 0 aromatic carbocycles. The topological polar surface area (TPSA) is 148 Å². The van der Waals surface area contributed by atoms with Gasteiger partial charge in [0.25, 0.3) is 0 Å². The van der Waals surface area contributed by atoms with Gasteiger partial charge >= 0.3 is 11.9 Å². The third-order valence-electron chi connectivity index (χ3n) is 5.44. The fourth-order valence-electron chi connectivity index (χ4n) is 4.01. The van der Waals surface area contributed by atoms with Crippen molar-refractivity contribution < 1.29 is 19.1 Å². The quantitative estimate of drug-likeness (QED) is 0.416. The van der Waals surface area contributed by atoms with Crippen LogP contribution in [0, 0.1) is 67.5 Å². The van der Waals surface area contributed by atoms with E-state index in [1.54, 1.807) is 19.9 Å². The number of nitrogens with zero attached hydrogens (tertiary/aromatic N) is 4. The first kappa shape index (κ1) is 20.0. The van der Waals surface area contributed by atoms with Crippen molar-refractivity contribution in [3.05, 3.63) is 11.6 Å². The lowest BCUT2D eigenvalue weighted by Crippen LogP contribution is -2.47. The highest BCUT2D eigenvalue weighted by molar-refractivity contribution is 6.01. The van der Waals surface area contributed by atoms with Crippen LogP contribution in [0.5, 0.6) is 0 Å². The summed E-state index contributed by atoms with van der Waals surface area (Å²) >= 11 is 0. The Morgan fingerprint density at radius 2 is 1.56 bits per heavy atom. The van der Waals surface area contributed by atoms with Crippen LogP contribution in [0.25, 0.3) is 0 Å². The van der Waals surface area contributed by atoms with Crippen molar-refractivity contribution in [2.24, 2.45) is 22.2 Å². The van der Waals surface area contributed by atoms with E-state index in [1.165, 1.54) is 0 Å². The van der Waals surface area contributed by atoms with Gasteiger partial charge in [-0.2, -0.15) is 21.0 Å². The van der Waals surface area contributed by atoms with Gasteiger partial charge in [-0.1, -0.05) is 11.6 Å². The third-order valence-corrected chi connectivity index (χ3v) is 5.44. The van der Waals surface area contributed by atoms with Gasteiger partial charge in [0.15, 0.2) is 16.2 Å². The molecule has 27 heavy (non-hydrogen) atoms. The number of esters is 2. The largest absolute Gasteiger partial charge is 0.465 e. The molecule has 0 N–H and O–H groups in total. The Kier molecular flexibility index (Phi) is 5.25. The number of rotatable bonds is 4. The van der Waals surface area contributed by atoms with Crippen molar-refractivity contribution in [2.75, 3.05) is 13.2 Å². The van der Waals surface area contributed by atoms with E-state index in [2.05, 4.69) is 0 Å². The van der Waals surface area contributed by atoms with Gasteiger partial charge in [0.2, 0.25) is 0 Å². The lowest BCUT2D eigenvalue weighted by atomic mass is 9.54. The van der Waals surface area contributed by atoms with Crippen LogP contribution in [0.4, 0.5) is 0 Å². The molecule has 0 heterocycles. The zero-order valence-corrected chi connectivity index (χ0v) is 15.1. The van der Waals surface area contributed by atoms with Crippen molar-refractivity contribution in [1.82, 2.24) is 0 Å². The highest BCUT2D eigenvalue weighted by Gasteiger charge is 2.68. The lowest BCUT2D eigenvalue weighted by Gasteiger charge is -2.39. The summed E-state index contributed by atoms with van der Waals surface area (Å²) in [6, 6.07) is 7.37. The summed E-state index contributed by atoms with van der Waals surface area (Å²) in [5.74, 6) is -2.50. The van der Waals surface area contributed by atoms with Gasteiger partial charge < -0.3 is 9.47 Å². The summed E-state index contributed by atoms with van der Waals surface area (Å²) in [5.41, 5.74) is -5.05. The molecule has 2 aliphatic rings. The van der Waals surface area contributed by atoms with Crippen molar-refractivity contribution in [1.29, 1.82) is 21.0 Å². The number of carbonyl (C=O) groups is 2. The number of hydrogen-bond donors (Lipinski definition) is 0. The summed E-state index contributed by atoms with van der Waals surface area (Å²) in [5, 5.41) is 38.8. The van der Waals surface area contributed by atoms with Crippen LogP contribution in [0.2, 0.25) is 0 Å². The fourth-order valence-corrected chi connectivity index (χ4v) is 4.01. The average Bonchev–Trinajstić information content (AvgIpc) is 3.09. The molecule has 0 amide bonds. The predicted octanol–water partition coefficient (Wildman–Crippen LogP) is 1.91. The molecular weight excluding hydrogens is 348 g/mol. The van der Waals surface area contributed by atoms with Crippen LogP contribution >= 0.6 is 0 Å². The number of hydrogen-bond acceptors (Lipinski definition) is 8. The standard InChI is InChI=1S/C19H18N4O4/c1-3-26-15(24)18(16(25)27-4-2)7-13-5-6-17(9-20,10-21)19(11-22,12-23)14(13)8-18/h5,14H,3-4,6-8H2,1-2H3. The van der Waals surface area contributed by atoms with E-state index in [-0.39, 0.29) is 32.5 Å². The van der Waals surface area contributed by atoms with Gasteiger partial charge in [0.1, 0.15) is 0 Å². The van der Waals surface area contributed by atoms with Crippen molar-refractivity contribution in [3.63, 3.8) is 0 Å². The highest BCUT2D eigenvalue weighted by Crippen LogP contribution is 2.62. The molecule has 2 aliphatic carbocycles. The van der Waals surface area contributed by atoms with Crippen molar-refractivity contribution in [3.8, 4) is 24.3 Å². The second kappa shape index (κ2) is 7.10. The van der Waals surface area contributed by atoms with E-state index < -0.39 is 34.1 Å². The fraction of sp³-hybridized carbons (Fsp3) is 0.579. The molecule has 0 radical (unpaired) electrons. The summed E-state index contributed by atoms with van der Waals surface area (Å²) < 4.78 is 10.2. The van der Waals surface area contributed by atoms with Crippen LogP contribution in [0.3, 0.4) is 0 Å². The summed E-state index contributed by atoms with van der Waals surface area (Å²) in [6.07, 6.45) is 1.18. The molecule has 0 aromatic rings. The molecule has 1 fully saturated rings. The van der Waals surface area contributed by atoms with Gasteiger partial charge in [-0.05, 0) is 26.7 Å². The maximum absolute atomic E-state index is 12.7. The average molecular weight is 366 g/mol. The molecule has 2 rings (SSSR count). The smallest absolute Gasteiger partial charge is 0.323 e. The van der Waals surface area contributed by atoms with Crippen LogP contribution in [-0.2, 0) is 19.1 Å². The van der Waals surface area contributed by atoms with Crippen LogP contribution in [-0.4, -0.2) is 25.2 Å². The maximum Gasteiger partial charge on any atom is 0.323 e. The molecule has 0 saturated heterocycles. The van der Waals surface area contributed by atoms with Crippen LogP contribution in [0.1, 0.15) is 33.1 Å². The minimum absolute atomic E-state index is 0.0473. The molecule has 138 valence electrons. The zero-order valence-electron chi connectivity index (χ0n) is 15.1. The number of nitriles is 4. The molecule has 0 bridgehead atoms. The first-order valence-corrected chi connectivity index (χ1v) is 8.55. The summed E-state index contributed by atoms with van der Waals surface area (Å²) in [4.78, 5) is 25.3. The number of carbonyl (C=O) groups excluding carboxylic acids is 2. The monoisotopic (exact) mass is 366 g/mol. The normalized spacial score (nSPS) is 23.2. The summed E-state index contributed by atoms with van der Waals surface area (Å²) in [6.45, 7) is 3.30. The Morgan fingerprint density at radius 3 is 1.96 bits per heavy atom. The molecule has 8 nitrogen and oxygen atoms in total. The van der Waals surface area contributed by atoms with E-state index in [0.717, 1.165) is 0 Å². The molecule has 1 saturated carbocycles. The maximum atomic E-state index is 12.7. The van der Waals surface area contributed by atoms with Gasteiger partial charge in [0, 0.05) is 12.3 Å². The molecule has 1 unspecified atom stereocenters. The van der Waals surface area contributed by atoms with Crippen molar-refractivity contribution in [2.45, 2.75) is 33.1 Å². The van der Waals surface area contributed by atoms with Gasteiger partial charge in [-0.15, -0.1) is 0 Å². The number of fused-ring (bicyclic) bond motifs is 1. The van der Waals surface area contributed by atoms with E-state index in [0.29, 0.717) is 5.57 Å². The molecule has 0 aromatic heterocycles. The second-order valence-corrected chi connectivity index (χ2v) is 6.60. The van der Waals surface area contributed by atoms with E-state index in [1.807, 2.05) is 24.3 Å².